The Labute approximate surface area is 161 Å². The summed E-state index contributed by atoms with van der Waals surface area (Å²) in [5.74, 6) is 2.09. The quantitative estimate of drug-likeness (QED) is 0.714. The van der Waals surface area contributed by atoms with Crippen LogP contribution < -0.4 is 10.1 Å². The van der Waals surface area contributed by atoms with E-state index in [0.717, 1.165) is 37.2 Å². The van der Waals surface area contributed by atoms with Crippen molar-refractivity contribution in [1.29, 1.82) is 0 Å². The van der Waals surface area contributed by atoms with Crippen molar-refractivity contribution in [2.75, 3.05) is 19.0 Å². The van der Waals surface area contributed by atoms with Crippen molar-refractivity contribution >= 4 is 5.82 Å². The van der Waals surface area contributed by atoms with Crippen LogP contribution in [-0.2, 0) is 19.3 Å². The minimum Gasteiger partial charge on any atom is -0.497 e. The fourth-order valence-corrected chi connectivity index (χ4v) is 3.78. The van der Waals surface area contributed by atoms with E-state index in [1.54, 1.807) is 7.11 Å². The van der Waals surface area contributed by atoms with Crippen molar-refractivity contribution in [3.63, 3.8) is 0 Å². The molecule has 0 atom stereocenters. The Morgan fingerprint density at radius 3 is 2.70 bits per heavy atom. The summed E-state index contributed by atoms with van der Waals surface area (Å²) in [7, 11) is 1.70. The summed E-state index contributed by atoms with van der Waals surface area (Å²) in [5.41, 5.74) is 6.32. The van der Waals surface area contributed by atoms with Crippen LogP contribution >= 0.6 is 0 Å². The third kappa shape index (κ3) is 3.85. The second kappa shape index (κ2) is 7.87. The summed E-state index contributed by atoms with van der Waals surface area (Å²) in [6.45, 7) is 3.14. The first-order chi connectivity index (χ1) is 13.2. The van der Waals surface area contributed by atoms with E-state index in [9.17, 15) is 0 Å². The number of ether oxygens (including phenoxy) is 1. The standard InChI is InChI=1S/C23H27N3O/c1-17-6-5-7-19(16-17)26-23-21(8-3-4-15-24-23)22(25-26)14-11-18-9-12-20(27-2)13-10-18/h5-7,9-10,12-13,16,24H,3-4,8,11,14-15H2,1-2H3. The molecule has 1 aromatic heterocycles. The first kappa shape index (κ1) is 17.7. The summed E-state index contributed by atoms with van der Waals surface area (Å²) in [6.07, 6.45) is 5.47. The van der Waals surface area contributed by atoms with Crippen LogP contribution in [0.5, 0.6) is 5.75 Å². The number of fused-ring (bicyclic) bond motifs is 1. The molecule has 2 heterocycles. The van der Waals surface area contributed by atoms with Gasteiger partial charge in [-0.25, -0.2) is 4.68 Å². The smallest absolute Gasteiger partial charge is 0.133 e. The molecule has 140 valence electrons. The molecule has 4 nitrogen and oxygen atoms in total. The lowest BCUT2D eigenvalue weighted by Crippen LogP contribution is -2.07. The third-order valence-corrected chi connectivity index (χ3v) is 5.27. The van der Waals surface area contributed by atoms with E-state index >= 15 is 0 Å². The zero-order valence-electron chi connectivity index (χ0n) is 16.2. The molecule has 2 aromatic carbocycles. The highest BCUT2D eigenvalue weighted by molar-refractivity contribution is 5.55. The predicted molar refractivity (Wildman–Crippen MR) is 110 cm³/mol. The number of benzene rings is 2. The average Bonchev–Trinajstić information content (AvgIpc) is 2.87. The number of nitrogens with one attached hydrogen (secondary N) is 1. The van der Waals surface area contributed by atoms with Gasteiger partial charge in [0.1, 0.15) is 11.6 Å². The Kier molecular flexibility index (Phi) is 5.14. The molecular formula is C23H27N3O. The van der Waals surface area contributed by atoms with E-state index < -0.39 is 0 Å². The Bertz CT molecular complexity index is 912. The Hall–Kier alpha value is -2.75. The van der Waals surface area contributed by atoms with Crippen molar-refractivity contribution < 1.29 is 4.74 Å². The van der Waals surface area contributed by atoms with Crippen LogP contribution in [0.25, 0.3) is 5.69 Å². The van der Waals surface area contributed by atoms with E-state index in [2.05, 4.69) is 53.3 Å². The number of rotatable bonds is 5. The third-order valence-electron chi connectivity index (χ3n) is 5.27. The lowest BCUT2D eigenvalue weighted by Gasteiger charge is -2.09. The van der Waals surface area contributed by atoms with Gasteiger partial charge in [-0.15, -0.1) is 0 Å². The van der Waals surface area contributed by atoms with Gasteiger partial charge in [0.15, 0.2) is 0 Å². The largest absolute Gasteiger partial charge is 0.497 e. The number of aromatic nitrogens is 2. The summed E-state index contributed by atoms with van der Waals surface area (Å²) in [6, 6.07) is 16.9. The number of methoxy groups -OCH3 is 1. The van der Waals surface area contributed by atoms with E-state index in [1.165, 1.54) is 41.0 Å². The van der Waals surface area contributed by atoms with Gasteiger partial charge in [0.05, 0.1) is 18.5 Å². The van der Waals surface area contributed by atoms with Gasteiger partial charge in [0, 0.05) is 12.1 Å². The van der Waals surface area contributed by atoms with Crippen molar-refractivity contribution in [2.24, 2.45) is 0 Å². The molecule has 1 aliphatic heterocycles. The number of hydrogen-bond donors (Lipinski definition) is 1. The molecule has 0 saturated heterocycles. The highest BCUT2D eigenvalue weighted by Gasteiger charge is 2.20. The van der Waals surface area contributed by atoms with Crippen LogP contribution in [0.15, 0.2) is 48.5 Å². The highest BCUT2D eigenvalue weighted by Crippen LogP contribution is 2.29. The average molecular weight is 361 g/mol. The van der Waals surface area contributed by atoms with Crippen LogP contribution in [0, 0.1) is 6.92 Å². The molecule has 0 bridgehead atoms. The molecule has 3 aromatic rings. The Morgan fingerprint density at radius 1 is 1.07 bits per heavy atom. The number of anilines is 1. The first-order valence-corrected chi connectivity index (χ1v) is 9.79. The van der Waals surface area contributed by atoms with E-state index in [-0.39, 0.29) is 0 Å². The molecule has 4 rings (SSSR count). The van der Waals surface area contributed by atoms with E-state index in [1.807, 2.05) is 12.1 Å². The molecule has 4 heteroatoms. The van der Waals surface area contributed by atoms with E-state index in [4.69, 9.17) is 9.84 Å². The van der Waals surface area contributed by atoms with E-state index in [0.29, 0.717) is 0 Å². The van der Waals surface area contributed by atoms with Crippen LogP contribution in [0.4, 0.5) is 5.82 Å². The molecule has 0 saturated carbocycles. The SMILES string of the molecule is COc1ccc(CCc2nn(-c3cccc(C)c3)c3c2CCCCN3)cc1. The second-order valence-electron chi connectivity index (χ2n) is 7.26. The molecule has 0 unspecified atom stereocenters. The minimum absolute atomic E-state index is 0.903. The van der Waals surface area contributed by atoms with Crippen LogP contribution in [0.3, 0.4) is 0 Å². The minimum atomic E-state index is 0.903. The fourth-order valence-electron chi connectivity index (χ4n) is 3.78. The molecule has 0 radical (unpaired) electrons. The lowest BCUT2D eigenvalue weighted by atomic mass is 10.0. The topological polar surface area (TPSA) is 39.1 Å². The molecule has 0 spiro atoms. The Morgan fingerprint density at radius 2 is 1.93 bits per heavy atom. The number of nitrogens with zero attached hydrogens (tertiary/aromatic N) is 2. The second-order valence-corrected chi connectivity index (χ2v) is 7.26. The van der Waals surface area contributed by atoms with Gasteiger partial charge in [-0.2, -0.15) is 5.10 Å². The van der Waals surface area contributed by atoms with Gasteiger partial charge in [-0.1, -0.05) is 24.3 Å². The monoisotopic (exact) mass is 361 g/mol. The normalized spacial score (nSPS) is 13.6. The number of hydrogen-bond acceptors (Lipinski definition) is 3. The van der Waals surface area contributed by atoms with Crippen molar-refractivity contribution in [1.82, 2.24) is 9.78 Å². The van der Waals surface area contributed by atoms with Gasteiger partial charge < -0.3 is 10.1 Å². The first-order valence-electron chi connectivity index (χ1n) is 9.79. The summed E-state index contributed by atoms with van der Waals surface area (Å²) >= 11 is 0. The van der Waals surface area contributed by atoms with Gasteiger partial charge in [-0.05, 0) is 74.4 Å². The molecule has 0 amide bonds. The van der Waals surface area contributed by atoms with Crippen molar-refractivity contribution in [3.8, 4) is 11.4 Å². The number of aryl methyl sites for hydroxylation is 3. The van der Waals surface area contributed by atoms with Crippen molar-refractivity contribution in [2.45, 2.75) is 39.0 Å². The van der Waals surface area contributed by atoms with Gasteiger partial charge in [0.25, 0.3) is 0 Å². The lowest BCUT2D eigenvalue weighted by molar-refractivity contribution is 0.414. The van der Waals surface area contributed by atoms with Gasteiger partial charge >= 0.3 is 0 Å². The molecule has 1 N–H and O–H groups in total. The molecule has 1 aliphatic rings. The Balaban J connectivity index is 1.63. The molecular weight excluding hydrogens is 334 g/mol. The van der Waals surface area contributed by atoms with Gasteiger partial charge in [-0.3, -0.25) is 0 Å². The van der Waals surface area contributed by atoms with Gasteiger partial charge in [0.2, 0.25) is 0 Å². The van der Waals surface area contributed by atoms with Crippen molar-refractivity contribution in [3.05, 3.63) is 70.9 Å². The van der Waals surface area contributed by atoms with Crippen LogP contribution in [0.2, 0.25) is 0 Å². The van der Waals surface area contributed by atoms with Crippen LogP contribution in [0.1, 0.15) is 35.2 Å². The highest BCUT2D eigenvalue weighted by atomic mass is 16.5. The maximum Gasteiger partial charge on any atom is 0.133 e. The zero-order valence-corrected chi connectivity index (χ0v) is 16.2. The zero-order chi connectivity index (χ0) is 18.6. The maximum absolute atomic E-state index is 5.26. The fraction of sp³-hybridized carbons (Fsp3) is 0.348. The summed E-state index contributed by atoms with van der Waals surface area (Å²) in [4.78, 5) is 0. The maximum atomic E-state index is 5.26. The molecule has 0 fully saturated rings. The molecule has 0 aliphatic carbocycles. The predicted octanol–water partition coefficient (Wildman–Crippen LogP) is 4.72. The van der Waals surface area contributed by atoms with Crippen LogP contribution in [-0.4, -0.2) is 23.4 Å². The summed E-state index contributed by atoms with van der Waals surface area (Å²) < 4.78 is 7.37. The summed E-state index contributed by atoms with van der Waals surface area (Å²) in [5, 5.41) is 8.65. The molecule has 27 heavy (non-hydrogen) atoms.